The largest absolute Gasteiger partial charge is 0.481 e. The van der Waals surface area contributed by atoms with Crippen LogP contribution in [0.4, 0.5) is 0 Å². The molecule has 3 nitrogen and oxygen atoms in total. The van der Waals surface area contributed by atoms with Gasteiger partial charge in [0.05, 0.1) is 6.04 Å². The average Bonchev–Trinajstić information content (AvgIpc) is 2.65. The summed E-state index contributed by atoms with van der Waals surface area (Å²) in [4.78, 5) is 12.7. The molecule has 1 N–H and O–H groups in total. The molecule has 0 spiro atoms. The fourth-order valence-corrected chi connectivity index (χ4v) is 3.59. The van der Waals surface area contributed by atoms with Crippen LogP contribution in [0, 0.1) is 6.92 Å². The van der Waals surface area contributed by atoms with Crippen molar-refractivity contribution in [2.75, 3.05) is 0 Å². The Morgan fingerprint density at radius 1 is 1.12 bits per heavy atom. The van der Waals surface area contributed by atoms with Gasteiger partial charge in [0.2, 0.25) is 0 Å². The zero-order valence-corrected chi connectivity index (χ0v) is 16.0. The molecule has 2 atom stereocenters. The fraction of sp³-hybridized carbons (Fsp3) is 0.435. The Morgan fingerprint density at radius 3 is 2.62 bits per heavy atom. The van der Waals surface area contributed by atoms with Gasteiger partial charge in [-0.3, -0.25) is 4.79 Å². The van der Waals surface area contributed by atoms with Crippen molar-refractivity contribution in [3.63, 3.8) is 0 Å². The van der Waals surface area contributed by atoms with Crippen molar-refractivity contribution in [1.82, 2.24) is 5.32 Å². The van der Waals surface area contributed by atoms with E-state index >= 15 is 0 Å². The third kappa shape index (κ3) is 4.46. The lowest BCUT2D eigenvalue weighted by Gasteiger charge is -2.23. The van der Waals surface area contributed by atoms with Gasteiger partial charge in [-0.2, -0.15) is 0 Å². The molecule has 0 saturated carbocycles. The van der Waals surface area contributed by atoms with Crippen LogP contribution in [-0.2, 0) is 17.6 Å². The minimum absolute atomic E-state index is 0.0233. The lowest BCUT2D eigenvalue weighted by atomic mass is 9.89. The number of hydrogen-bond acceptors (Lipinski definition) is 2. The van der Waals surface area contributed by atoms with E-state index in [1.165, 1.54) is 36.0 Å². The highest BCUT2D eigenvalue weighted by Crippen LogP contribution is 2.25. The van der Waals surface area contributed by atoms with Crippen LogP contribution in [0.15, 0.2) is 42.5 Å². The van der Waals surface area contributed by atoms with E-state index in [9.17, 15) is 4.79 Å². The van der Waals surface area contributed by atoms with Gasteiger partial charge in [-0.05, 0) is 80.3 Å². The van der Waals surface area contributed by atoms with Gasteiger partial charge in [0.1, 0.15) is 5.75 Å². The number of hydrogen-bond donors (Lipinski definition) is 1. The first-order valence-electron chi connectivity index (χ1n) is 9.72. The van der Waals surface area contributed by atoms with Crippen LogP contribution >= 0.6 is 0 Å². The van der Waals surface area contributed by atoms with Crippen LogP contribution in [0.2, 0.25) is 0 Å². The maximum atomic E-state index is 12.7. The lowest BCUT2D eigenvalue weighted by molar-refractivity contribution is -0.128. The van der Waals surface area contributed by atoms with Gasteiger partial charge in [0, 0.05) is 0 Å². The number of carbonyl (C=O) groups excluding carboxylic acids is 1. The molecule has 0 saturated heterocycles. The van der Waals surface area contributed by atoms with Gasteiger partial charge >= 0.3 is 0 Å². The van der Waals surface area contributed by atoms with Crippen molar-refractivity contribution in [2.45, 2.75) is 65.0 Å². The Labute approximate surface area is 156 Å². The van der Waals surface area contributed by atoms with E-state index in [-0.39, 0.29) is 11.9 Å². The van der Waals surface area contributed by atoms with Crippen molar-refractivity contribution >= 4 is 5.91 Å². The van der Waals surface area contributed by atoms with Gasteiger partial charge in [0.25, 0.3) is 5.91 Å². The Bertz CT molecular complexity index is 769. The smallest absolute Gasteiger partial charge is 0.261 e. The summed E-state index contributed by atoms with van der Waals surface area (Å²) in [5.74, 6) is 0.688. The molecule has 0 aliphatic heterocycles. The van der Waals surface area contributed by atoms with E-state index in [0.29, 0.717) is 6.42 Å². The summed E-state index contributed by atoms with van der Waals surface area (Å²) in [6.07, 6.45) is 5.04. The Kier molecular flexibility index (Phi) is 5.97. The molecule has 1 aliphatic carbocycles. The SMILES string of the molecule is CC[C@H](Oc1cccc(C)c1)C(=O)N[C@H](C)c1ccc2c(c1)CCCC2. The van der Waals surface area contributed by atoms with E-state index in [0.717, 1.165) is 17.7 Å². The molecule has 0 bridgehead atoms. The van der Waals surface area contributed by atoms with E-state index in [1.807, 2.05) is 45.0 Å². The standard InChI is InChI=1S/C23H29NO2/c1-4-22(26-21-11-7-8-16(2)14-21)23(25)24-17(3)19-13-12-18-9-5-6-10-20(18)15-19/h7-8,11-15,17,22H,4-6,9-10H2,1-3H3,(H,24,25)/t17-,22+/m1/s1. The summed E-state index contributed by atoms with van der Waals surface area (Å²) < 4.78 is 5.92. The number of ether oxygens (including phenoxy) is 1. The molecular weight excluding hydrogens is 322 g/mol. The number of benzene rings is 2. The third-order valence-corrected chi connectivity index (χ3v) is 5.16. The van der Waals surface area contributed by atoms with Gasteiger partial charge in [0.15, 0.2) is 6.10 Å². The molecule has 3 rings (SSSR count). The molecule has 0 fully saturated rings. The molecule has 138 valence electrons. The highest BCUT2D eigenvalue weighted by molar-refractivity contribution is 5.81. The topological polar surface area (TPSA) is 38.3 Å². The molecule has 1 aliphatic rings. The van der Waals surface area contributed by atoms with Gasteiger partial charge in [-0.25, -0.2) is 0 Å². The Balaban J connectivity index is 1.65. The Hall–Kier alpha value is -2.29. The quantitative estimate of drug-likeness (QED) is 0.803. The molecular formula is C23H29NO2. The van der Waals surface area contributed by atoms with Crippen molar-refractivity contribution < 1.29 is 9.53 Å². The molecule has 2 aromatic carbocycles. The first-order chi connectivity index (χ1) is 12.6. The monoisotopic (exact) mass is 351 g/mol. The minimum Gasteiger partial charge on any atom is -0.481 e. The third-order valence-electron chi connectivity index (χ3n) is 5.16. The van der Waals surface area contributed by atoms with Gasteiger partial charge in [-0.1, -0.05) is 37.3 Å². The number of amides is 1. The maximum absolute atomic E-state index is 12.7. The number of aryl methyl sites for hydroxylation is 3. The summed E-state index contributed by atoms with van der Waals surface area (Å²) >= 11 is 0. The lowest BCUT2D eigenvalue weighted by Crippen LogP contribution is -2.39. The fourth-order valence-electron chi connectivity index (χ4n) is 3.59. The minimum atomic E-state index is -0.475. The first-order valence-corrected chi connectivity index (χ1v) is 9.72. The number of fused-ring (bicyclic) bond motifs is 1. The highest BCUT2D eigenvalue weighted by atomic mass is 16.5. The van der Waals surface area contributed by atoms with Gasteiger partial charge < -0.3 is 10.1 Å². The van der Waals surface area contributed by atoms with Crippen molar-refractivity contribution in [3.05, 3.63) is 64.7 Å². The van der Waals surface area contributed by atoms with Crippen molar-refractivity contribution in [3.8, 4) is 5.75 Å². The predicted octanol–water partition coefficient (Wildman–Crippen LogP) is 4.91. The summed E-state index contributed by atoms with van der Waals surface area (Å²) in [6, 6.07) is 14.5. The van der Waals surface area contributed by atoms with Crippen LogP contribution in [0.1, 0.15) is 61.4 Å². The highest BCUT2D eigenvalue weighted by Gasteiger charge is 2.21. The normalized spacial score (nSPS) is 15.7. The molecule has 3 heteroatoms. The van der Waals surface area contributed by atoms with Crippen LogP contribution in [0.3, 0.4) is 0 Å². The molecule has 2 aromatic rings. The summed E-state index contributed by atoms with van der Waals surface area (Å²) in [7, 11) is 0. The average molecular weight is 351 g/mol. The molecule has 26 heavy (non-hydrogen) atoms. The van der Waals surface area contributed by atoms with Crippen molar-refractivity contribution in [2.24, 2.45) is 0 Å². The zero-order valence-electron chi connectivity index (χ0n) is 16.0. The number of nitrogens with one attached hydrogen (secondary N) is 1. The van der Waals surface area contributed by atoms with Crippen molar-refractivity contribution in [1.29, 1.82) is 0 Å². The van der Waals surface area contributed by atoms with Crippen LogP contribution in [-0.4, -0.2) is 12.0 Å². The second kappa shape index (κ2) is 8.39. The number of carbonyl (C=O) groups is 1. The summed E-state index contributed by atoms with van der Waals surface area (Å²) in [6.45, 7) is 6.04. The van der Waals surface area contributed by atoms with E-state index in [1.54, 1.807) is 0 Å². The maximum Gasteiger partial charge on any atom is 0.261 e. The second-order valence-electron chi connectivity index (χ2n) is 7.30. The van der Waals surface area contributed by atoms with Crippen LogP contribution in [0.5, 0.6) is 5.75 Å². The predicted molar refractivity (Wildman–Crippen MR) is 106 cm³/mol. The number of rotatable bonds is 6. The Morgan fingerprint density at radius 2 is 1.88 bits per heavy atom. The van der Waals surface area contributed by atoms with Gasteiger partial charge in [-0.15, -0.1) is 0 Å². The molecule has 0 heterocycles. The second-order valence-corrected chi connectivity index (χ2v) is 7.30. The molecule has 0 radical (unpaired) electrons. The van der Waals surface area contributed by atoms with Crippen LogP contribution < -0.4 is 10.1 Å². The van der Waals surface area contributed by atoms with E-state index in [2.05, 4.69) is 23.5 Å². The van der Waals surface area contributed by atoms with E-state index in [4.69, 9.17) is 4.74 Å². The van der Waals surface area contributed by atoms with Crippen LogP contribution in [0.25, 0.3) is 0 Å². The van der Waals surface area contributed by atoms with E-state index < -0.39 is 6.10 Å². The molecule has 1 amide bonds. The zero-order chi connectivity index (χ0) is 18.5. The summed E-state index contributed by atoms with van der Waals surface area (Å²) in [5, 5.41) is 3.12. The summed E-state index contributed by atoms with van der Waals surface area (Å²) in [5.41, 5.74) is 5.20. The first kappa shape index (κ1) is 18.5. The molecule has 0 unspecified atom stereocenters. The molecule has 0 aromatic heterocycles.